The molecular weight excluding hydrogens is 514 g/mol. The van der Waals surface area contributed by atoms with E-state index in [0.717, 1.165) is 35.2 Å². The van der Waals surface area contributed by atoms with Gasteiger partial charge in [0.1, 0.15) is 11.8 Å². The van der Waals surface area contributed by atoms with Crippen molar-refractivity contribution in [2.75, 3.05) is 12.5 Å². The lowest BCUT2D eigenvalue weighted by molar-refractivity contribution is -0.142. The molecule has 3 aromatic rings. The van der Waals surface area contributed by atoms with Crippen molar-refractivity contribution in [1.29, 1.82) is 0 Å². The van der Waals surface area contributed by atoms with E-state index in [1.54, 1.807) is 12.5 Å². The van der Waals surface area contributed by atoms with E-state index >= 15 is 0 Å². The van der Waals surface area contributed by atoms with E-state index in [2.05, 4.69) is 19.9 Å². The van der Waals surface area contributed by atoms with Gasteiger partial charge in [0.15, 0.2) is 21.7 Å². The summed E-state index contributed by atoms with van der Waals surface area (Å²) >= 11 is 7.41. The Hall–Kier alpha value is -2.25. The summed E-state index contributed by atoms with van der Waals surface area (Å²) in [5, 5.41) is -0.158. The molecule has 0 saturated carbocycles. The van der Waals surface area contributed by atoms with Crippen LogP contribution in [0.1, 0.15) is 17.0 Å². The molecule has 0 fully saturated rings. The molecule has 5 nitrogen and oxygen atoms in total. The molecule has 0 saturated heterocycles. The summed E-state index contributed by atoms with van der Waals surface area (Å²) in [6.07, 6.45) is -5.81. The van der Waals surface area contributed by atoms with E-state index in [1.165, 1.54) is 0 Å². The third-order valence-corrected chi connectivity index (χ3v) is 4.82. The number of alkyl halides is 6. The normalized spacial score (nSPS) is 11.5. The number of halogens is 7. The van der Waals surface area contributed by atoms with Gasteiger partial charge >= 0.3 is 12.4 Å². The second-order valence-corrected chi connectivity index (χ2v) is 7.84. The number of ether oxygens (including phenoxy) is 1. The Morgan fingerprint density at radius 1 is 0.788 bits per heavy atom. The van der Waals surface area contributed by atoms with Crippen molar-refractivity contribution in [3.8, 4) is 5.88 Å². The Bertz CT molecular complexity index is 1050. The van der Waals surface area contributed by atoms with E-state index in [0.29, 0.717) is 6.07 Å². The smallest absolute Gasteiger partial charge is 0.433 e. The summed E-state index contributed by atoms with van der Waals surface area (Å²) < 4.78 is 79.8. The molecule has 0 aliphatic heterocycles. The van der Waals surface area contributed by atoms with Crippen molar-refractivity contribution in [2.24, 2.45) is 0 Å². The van der Waals surface area contributed by atoms with Crippen LogP contribution in [-0.2, 0) is 19.0 Å². The molecule has 0 spiro atoms. The third kappa shape index (κ3) is 8.89. The average molecular weight is 529 g/mol. The van der Waals surface area contributed by atoms with E-state index < -0.39 is 23.7 Å². The summed E-state index contributed by atoms with van der Waals surface area (Å²) in [6.45, 7) is 0.156. The number of thioether (sulfide) groups is 2. The molecule has 0 N–H and O–H groups in total. The first kappa shape index (κ1) is 27.0. The lowest BCUT2D eigenvalue weighted by Crippen LogP contribution is -2.10. The minimum absolute atomic E-state index is 0.0137. The number of rotatable bonds is 5. The Labute approximate surface area is 198 Å². The van der Waals surface area contributed by atoms with Crippen LogP contribution in [0.3, 0.4) is 0 Å². The second-order valence-electron chi connectivity index (χ2n) is 5.91. The highest BCUT2D eigenvalue weighted by molar-refractivity contribution is 7.98. The van der Waals surface area contributed by atoms with Crippen LogP contribution in [0, 0.1) is 0 Å². The van der Waals surface area contributed by atoms with Gasteiger partial charge in [-0.15, -0.1) is 0 Å². The molecule has 0 aliphatic rings. The first-order valence-electron chi connectivity index (χ1n) is 8.75. The van der Waals surface area contributed by atoms with Gasteiger partial charge in [0, 0.05) is 12.1 Å². The third-order valence-electron chi connectivity index (χ3n) is 3.53. The Kier molecular flexibility index (Phi) is 9.61. The summed E-state index contributed by atoms with van der Waals surface area (Å²) in [7, 11) is 0. The molecule has 1 aromatic carbocycles. The van der Waals surface area contributed by atoms with E-state index in [-0.39, 0.29) is 28.0 Å². The maximum Gasteiger partial charge on any atom is 0.433 e. The van der Waals surface area contributed by atoms with Crippen LogP contribution in [0.5, 0.6) is 5.88 Å². The Balaban J connectivity index is 0.000000257. The lowest BCUT2D eigenvalue weighted by Gasteiger charge is -2.10. The van der Waals surface area contributed by atoms with Crippen LogP contribution in [0.4, 0.5) is 26.3 Å². The highest BCUT2D eigenvalue weighted by atomic mass is 35.5. The zero-order valence-electron chi connectivity index (χ0n) is 16.9. The van der Waals surface area contributed by atoms with Crippen LogP contribution in [0.25, 0.3) is 0 Å². The van der Waals surface area contributed by atoms with Gasteiger partial charge in [0.05, 0.1) is 0 Å². The fourth-order valence-corrected chi connectivity index (χ4v) is 3.06. The number of nitrogens with zero attached hydrogens (tertiary/aromatic N) is 4. The molecule has 2 aromatic heterocycles. The standard InChI is InChI=1S/C13H11F3N2OS.C6H4ClF3N2S/c1-20-12-17-10(13(14,15)16)7-11(18-12)19-8-9-5-3-2-4-6-9;1-13-5-11-3(6(8,9)10)2-4(7)12-5/h2-7H,8H2,1H3;2H,1H3. The summed E-state index contributed by atoms with van der Waals surface area (Å²) in [6, 6.07) is 10.6. The van der Waals surface area contributed by atoms with E-state index in [1.807, 2.05) is 30.3 Å². The van der Waals surface area contributed by atoms with Crippen molar-refractivity contribution in [3.05, 3.63) is 64.6 Å². The number of hydrogen-bond acceptors (Lipinski definition) is 7. The number of benzene rings is 1. The maximum atomic E-state index is 12.7. The fourth-order valence-electron chi connectivity index (χ4n) is 2.08. The molecule has 2 heterocycles. The van der Waals surface area contributed by atoms with Crippen molar-refractivity contribution in [3.63, 3.8) is 0 Å². The monoisotopic (exact) mass is 528 g/mol. The van der Waals surface area contributed by atoms with Gasteiger partial charge in [-0.3, -0.25) is 0 Å². The van der Waals surface area contributed by atoms with E-state index in [9.17, 15) is 26.3 Å². The summed E-state index contributed by atoms with van der Waals surface area (Å²) in [5.74, 6) is -0.0828. The first-order chi connectivity index (χ1) is 15.4. The zero-order chi connectivity index (χ0) is 24.6. The van der Waals surface area contributed by atoms with Crippen LogP contribution >= 0.6 is 35.1 Å². The van der Waals surface area contributed by atoms with Crippen LogP contribution in [0.15, 0.2) is 52.8 Å². The topological polar surface area (TPSA) is 60.8 Å². The van der Waals surface area contributed by atoms with Crippen molar-refractivity contribution in [2.45, 2.75) is 29.3 Å². The molecule has 14 heteroatoms. The average Bonchev–Trinajstić information content (AvgIpc) is 2.77. The van der Waals surface area contributed by atoms with Crippen molar-refractivity contribution >= 4 is 35.1 Å². The fraction of sp³-hybridized carbons (Fsp3) is 0.263. The van der Waals surface area contributed by atoms with Crippen LogP contribution in [-0.4, -0.2) is 32.4 Å². The first-order valence-corrected chi connectivity index (χ1v) is 11.6. The Morgan fingerprint density at radius 3 is 1.82 bits per heavy atom. The lowest BCUT2D eigenvalue weighted by atomic mass is 10.2. The molecule has 0 aliphatic carbocycles. The minimum Gasteiger partial charge on any atom is -0.473 e. The molecule has 178 valence electrons. The summed E-state index contributed by atoms with van der Waals surface area (Å²) in [4.78, 5) is 14.2. The van der Waals surface area contributed by atoms with Gasteiger partial charge in [0.25, 0.3) is 0 Å². The zero-order valence-corrected chi connectivity index (χ0v) is 19.3. The van der Waals surface area contributed by atoms with E-state index in [4.69, 9.17) is 16.3 Å². The summed E-state index contributed by atoms with van der Waals surface area (Å²) in [5.41, 5.74) is -1.16. The highest BCUT2D eigenvalue weighted by Gasteiger charge is 2.34. The van der Waals surface area contributed by atoms with Gasteiger partial charge < -0.3 is 4.74 Å². The largest absolute Gasteiger partial charge is 0.473 e. The second kappa shape index (κ2) is 11.7. The number of hydrogen-bond donors (Lipinski definition) is 0. The van der Waals surface area contributed by atoms with Crippen LogP contribution < -0.4 is 4.74 Å². The van der Waals surface area contributed by atoms with Gasteiger partial charge in [0.2, 0.25) is 5.88 Å². The van der Waals surface area contributed by atoms with Crippen molar-refractivity contribution in [1.82, 2.24) is 19.9 Å². The van der Waals surface area contributed by atoms with Gasteiger partial charge in [-0.25, -0.2) is 15.0 Å². The highest BCUT2D eigenvalue weighted by Crippen LogP contribution is 2.31. The van der Waals surface area contributed by atoms with Gasteiger partial charge in [-0.1, -0.05) is 65.5 Å². The van der Waals surface area contributed by atoms with Crippen molar-refractivity contribution < 1.29 is 31.1 Å². The predicted octanol–water partition coefficient (Wildman–Crippen LogP) is 6.67. The molecule has 0 radical (unpaired) electrons. The van der Waals surface area contributed by atoms with Gasteiger partial charge in [-0.2, -0.15) is 31.3 Å². The SMILES string of the molecule is CSc1nc(Cl)cc(C(F)(F)F)n1.CSc1nc(OCc2ccccc2)cc(C(F)(F)F)n1. The van der Waals surface area contributed by atoms with Crippen LogP contribution in [0.2, 0.25) is 5.15 Å². The molecular formula is C19H15ClF6N4OS2. The molecule has 3 rings (SSSR count). The molecule has 33 heavy (non-hydrogen) atoms. The number of aromatic nitrogens is 4. The molecule has 0 unspecified atom stereocenters. The molecule has 0 bridgehead atoms. The Morgan fingerprint density at radius 2 is 1.30 bits per heavy atom. The minimum atomic E-state index is -4.52. The molecule has 0 atom stereocenters. The quantitative estimate of drug-likeness (QED) is 0.159. The van der Waals surface area contributed by atoms with Gasteiger partial charge in [-0.05, 0) is 18.1 Å². The maximum absolute atomic E-state index is 12.7. The predicted molar refractivity (Wildman–Crippen MR) is 113 cm³/mol. The molecule has 0 amide bonds.